The lowest BCUT2D eigenvalue weighted by Crippen LogP contribution is -2.13. The summed E-state index contributed by atoms with van der Waals surface area (Å²) < 4.78 is 0. The van der Waals surface area contributed by atoms with E-state index in [1.807, 2.05) is 45.0 Å². The Labute approximate surface area is 116 Å². The minimum atomic E-state index is -0.549. The van der Waals surface area contributed by atoms with E-state index in [4.69, 9.17) is 16.9 Å². The second-order valence-corrected chi connectivity index (χ2v) is 6.31. The van der Waals surface area contributed by atoms with Crippen LogP contribution in [0.1, 0.15) is 23.7 Å². The molecule has 1 aromatic carbocycles. The summed E-state index contributed by atoms with van der Waals surface area (Å²) in [6, 6.07) is 9.91. The molecule has 0 fully saturated rings. The first-order chi connectivity index (χ1) is 8.44. The van der Waals surface area contributed by atoms with Crippen molar-refractivity contribution in [3.8, 4) is 17.3 Å². The quantitative estimate of drug-likeness (QED) is 0.805. The van der Waals surface area contributed by atoms with E-state index >= 15 is 0 Å². The standard InChI is InChI=1S/C14H13ClN2S/c1-9-12(10-5-4-6-11(15)7-10)17-13(18-9)14(2,3)8-16/h4-7H,1-3H3. The van der Waals surface area contributed by atoms with Crippen LogP contribution in [0.2, 0.25) is 5.02 Å². The molecule has 0 aliphatic heterocycles. The van der Waals surface area contributed by atoms with Crippen molar-refractivity contribution in [3.05, 3.63) is 39.2 Å². The lowest BCUT2D eigenvalue weighted by Gasteiger charge is -2.09. The Morgan fingerprint density at radius 3 is 2.72 bits per heavy atom. The number of hydrogen-bond donors (Lipinski definition) is 0. The Morgan fingerprint density at radius 2 is 2.11 bits per heavy atom. The third-order valence-corrected chi connectivity index (χ3v) is 4.24. The zero-order chi connectivity index (χ0) is 13.3. The Kier molecular flexibility index (Phi) is 3.43. The van der Waals surface area contributed by atoms with Crippen LogP contribution in [-0.4, -0.2) is 4.98 Å². The number of rotatable bonds is 2. The fraction of sp³-hybridized carbons (Fsp3) is 0.286. The zero-order valence-electron chi connectivity index (χ0n) is 10.5. The van der Waals surface area contributed by atoms with E-state index in [0.29, 0.717) is 5.02 Å². The average Bonchev–Trinajstić information content (AvgIpc) is 2.72. The number of benzene rings is 1. The third kappa shape index (κ3) is 2.40. The Morgan fingerprint density at radius 1 is 1.39 bits per heavy atom. The van der Waals surface area contributed by atoms with Crippen LogP contribution in [0.5, 0.6) is 0 Å². The highest BCUT2D eigenvalue weighted by atomic mass is 35.5. The summed E-state index contributed by atoms with van der Waals surface area (Å²) in [5.74, 6) is 0. The molecule has 0 unspecified atom stereocenters. The van der Waals surface area contributed by atoms with Crippen molar-refractivity contribution in [1.82, 2.24) is 4.98 Å². The van der Waals surface area contributed by atoms with E-state index in [2.05, 4.69) is 11.1 Å². The van der Waals surface area contributed by atoms with Crippen molar-refractivity contribution in [3.63, 3.8) is 0 Å². The highest BCUT2D eigenvalue weighted by Crippen LogP contribution is 2.34. The summed E-state index contributed by atoms with van der Waals surface area (Å²) >= 11 is 7.56. The van der Waals surface area contributed by atoms with Crippen LogP contribution in [0.4, 0.5) is 0 Å². The molecule has 0 aliphatic rings. The summed E-state index contributed by atoms with van der Waals surface area (Å²) in [7, 11) is 0. The van der Waals surface area contributed by atoms with Gasteiger partial charge in [-0.15, -0.1) is 11.3 Å². The monoisotopic (exact) mass is 276 g/mol. The van der Waals surface area contributed by atoms with Gasteiger partial charge in [0.25, 0.3) is 0 Å². The van der Waals surface area contributed by atoms with Crippen molar-refractivity contribution in [1.29, 1.82) is 5.26 Å². The van der Waals surface area contributed by atoms with E-state index in [9.17, 15) is 0 Å². The van der Waals surface area contributed by atoms with Gasteiger partial charge < -0.3 is 0 Å². The van der Waals surface area contributed by atoms with Gasteiger partial charge in [0.2, 0.25) is 0 Å². The molecular formula is C14H13ClN2S. The van der Waals surface area contributed by atoms with Gasteiger partial charge in [0.1, 0.15) is 10.4 Å². The van der Waals surface area contributed by atoms with Crippen molar-refractivity contribution in [2.24, 2.45) is 0 Å². The summed E-state index contributed by atoms with van der Waals surface area (Å²) in [5.41, 5.74) is 1.36. The van der Waals surface area contributed by atoms with Crippen molar-refractivity contribution >= 4 is 22.9 Å². The predicted octanol–water partition coefficient (Wildman–Crippen LogP) is 4.57. The van der Waals surface area contributed by atoms with Gasteiger partial charge in [-0.25, -0.2) is 4.98 Å². The normalized spacial score (nSPS) is 11.3. The number of halogens is 1. The number of aryl methyl sites for hydroxylation is 1. The van der Waals surface area contributed by atoms with Crippen LogP contribution in [0, 0.1) is 18.3 Å². The zero-order valence-corrected chi connectivity index (χ0v) is 12.1. The van der Waals surface area contributed by atoms with E-state index < -0.39 is 5.41 Å². The van der Waals surface area contributed by atoms with Gasteiger partial charge in [0.15, 0.2) is 0 Å². The Bertz CT molecular complexity index is 623. The average molecular weight is 277 g/mol. The Balaban J connectivity index is 2.52. The van der Waals surface area contributed by atoms with E-state index in [-0.39, 0.29) is 0 Å². The van der Waals surface area contributed by atoms with E-state index in [1.165, 1.54) is 0 Å². The van der Waals surface area contributed by atoms with Crippen molar-refractivity contribution in [2.75, 3.05) is 0 Å². The first kappa shape index (κ1) is 13.1. The first-order valence-electron chi connectivity index (χ1n) is 5.59. The molecule has 0 amide bonds. The SMILES string of the molecule is Cc1sc(C(C)(C)C#N)nc1-c1cccc(Cl)c1. The minimum Gasteiger partial charge on any atom is -0.239 e. The van der Waals surface area contributed by atoms with E-state index in [0.717, 1.165) is 21.1 Å². The molecule has 92 valence electrons. The molecule has 2 aromatic rings. The van der Waals surface area contributed by atoms with Gasteiger partial charge in [-0.1, -0.05) is 23.7 Å². The molecule has 1 aromatic heterocycles. The fourth-order valence-electron chi connectivity index (χ4n) is 1.62. The molecule has 0 spiro atoms. The predicted molar refractivity (Wildman–Crippen MR) is 75.9 cm³/mol. The molecule has 0 saturated carbocycles. The molecule has 0 radical (unpaired) electrons. The van der Waals surface area contributed by atoms with Gasteiger partial charge in [-0.3, -0.25) is 0 Å². The van der Waals surface area contributed by atoms with Crippen LogP contribution in [0.25, 0.3) is 11.3 Å². The maximum atomic E-state index is 9.16. The van der Waals surface area contributed by atoms with E-state index in [1.54, 1.807) is 11.3 Å². The highest BCUT2D eigenvalue weighted by molar-refractivity contribution is 7.12. The largest absolute Gasteiger partial charge is 0.239 e. The van der Waals surface area contributed by atoms with Crippen LogP contribution in [-0.2, 0) is 5.41 Å². The summed E-state index contributed by atoms with van der Waals surface area (Å²) in [4.78, 5) is 5.71. The maximum Gasteiger partial charge on any atom is 0.113 e. The number of hydrogen-bond acceptors (Lipinski definition) is 3. The molecule has 0 aliphatic carbocycles. The lowest BCUT2D eigenvalue weighted by molar-refractivity contribution is 0.680. The summed E-state index contributed by atoms with van der Waals surface area (Å²) in [5, 5.41) is 10.7. The van der Waals surface area contributed by atoms with Crippen LogP contribution >= 0.6 is 22.9 Å². The number of nitrogens with zero attached hydrogens (tertiary/aromatic N) is 2. The van der Waals surface area contributed by atoms with Crippen LogP contribution < -0.4 is 0 Å². The van der Waals surface area contributed by atoms with Gasteiger partial charge >= 0.3 is 0 Å². The second kappa shape index (κ2) is 4.72. The lowest BCUT2D eigenvalue weighted by atomic mass is 9.97. The van der Waals surface area contributed by atoms with Gasteiger partial charge in [0.05, 0.1) is 11.8 Å². The van der Waals surface area contributed by atoms with Gasteiger partial charge in [-0.05, 0) is 32.9 Å². The number of thiazole rings is 1. The molecule has 2 nitrogen and oxygen atoms in total. The second-order valence-electron chi connectivity index (χ2n) is 4.67. The van der Waals surface area contributed by atoms with Crippen LogP contribution in [0.15, 0.2) is 24.3 Å². The fourth-order valence-corrected chi connectivity index (χ4v) is 2.79. The Hall–Kier alpha value is -1.37. The van der Waals surface area contributed by atoms with Gasteiger partial charge in [0, 0.05) is 15.5 Å². The molecule has 0 N–H and O–H groups in total. The molecule has 0 bridgehead atoms. The summed E-state index contributed by atoms with van der Waals surface area (Å²) in [6.45, 7) is 5.78. The first-order valence-corrected chi connectivity index (χ1v) is 6.78. The molecule has 1 heterocycles. The third-order valence-electron chi connectivity index (χ3n) is 2.71. The molecule has 0 atom stereocenters. The number of aromatic nitrogens is 1. The molecule has 0 saturated heterocycles. The minimum absolute atomic E-state index is 0.549. The number of nitriles is 1. The maximum absolute atomic E-state index is 9.16. The molecule has 18 heavy (non-hydrogen) atoms. The van der Waals surface area contributed by atoms with Gasteiger partial charge in [-0.2, -0.15) is 5.26 Å². The highest BCUT2D eigenvalue weighted by Gasteiger charge is 2.25. The van der Waals surface area contributed by atoms with Crippen LogP contribution in [0.3, 0.4) is 0 Å². The topological polar surface area (TPSA) is 36.7 Å². The van der Waals surface area contributed by atoms with Crippen molar-refractivity contribution < 1.29 is 0 Å². The summed E-state index contributed by atoms with van der Waals surface area (Å²) in [6.07, 6.45) is 0. The smallest absolute Gasteiger partial charge is 0.113 e. The molecule has 4 heteroatoms. The molecular weight excluding hydrogens is 264 g/mol. The molecule has 2 rings (SSSR count). The van der Waals surface area contributed by atoms with Crippen molar-refractivity contribution in [2.45, 2.75) is 26.2 Å².